The summed E-state index contributed by atoms with van der Waals surface area (Å²) in [7, 11) is 3.14. The molecule has 9 nitrogen and oxygen atoms in total. The maximum Gasteiger partial charge on any atom is 0.514 e. The molecule has 0 aliphatic heterocycles. The number of alkyl carbamates (subject to hydrolysis) is 1. The molecule has 0 fully saturated rings. The van der Waals surface area contributed by atoms with Crippen molar-refractivity contribution < 1.29 is 33.3 Å². The first-order chi connectivity index (χ1) is 17.5. The van der Waals surface area contributed by atoms with Crippen LogP contribution in [0.5, 0.6) is 17.2 Å². The van der Waals surface area contributed by atoms with Gasteiger partial charge in [-0.1, -0.05) is 36.4 Å². The highest BCUT2D eigenvalue weighted by molar-refractivity contribution is 5.68. The Hall–Kier alpha value is -4.71. The number of nitrogens with zero attached hydrogens (tertiary/aromatic N) is 1. The van der Waals surface area contributed by atoms with Gasteiger partial charge in [0.2, 0.25) is 0 Å². The number of hydrogen-bond donors (Lipinski definition) is 1. The lowest BCUT2D eigenvalue weighted by Crippen LogP contribution is -2.35. The van der Waals surface area contributed by atoms with Crippen LogP contribution in [-0.2, 0) is 29.1 Å². The molecule has 0 radical (unpaired) electrons. The van der Waals surface area contributed by atoms with Gasteiger partial charge in [0.15, 0.2) is 0 Å². The summed E-state index contributed by atoms with van der Waals surface area (Å²) < 4.78 is 25.6. The molecule has 0 aliphatic carbocycles. The molecule has 3 aromatic rings. The summed E-state index contributed by atoms with van der Waals surface area (Å²) in [5, 5.41) is 11.9. The van der Waals surface area contributed by atoms with Crippen molar-refractivity contribution in [1.82, 2.24) is 5.32 Å². The molecule has 0 spiro atoms. The Morgan fingerprint density at radius 3 is 1.72 bits per heavy atom. The number of benzene rings is 3. The summed E-state index contributed by atoms with van der Waals surface area (Å²) in [5.41, 5.74) is 2.34. The van der Waals surface area contributed by atoms with Gasteiger partial charge in [-0.05, 0) is 53.1 Å². The zero-order chi connectivity index (χ0) is 25.8. The third-order valence-corrected chi connectivity index (χ3v) is 5.06. The van der Waals surface area contributed by atoms with Crippen LogP contribution in [0.2, 0.25) is 0 Å². The van der Waals surface area contributed by atoms with Gasteiger partial charge < -0.3 is 29.0 Å². The number of methoxy groups -OCH3 is 2. The van der Waals surface area contributed by atoms with E-state index in [0.717, 1.165) is 16.7 Å². The zero-order valence-corrected chi connectivity index (χ0v) is 19.9. The SMILES string of the molecule is COc1ccc(COC(=O)N[C@H](C#N)Cc2ccc(OC(=O)OCc3ccc(OC)cc3)cc2)cc1. The van der Waals surface area contributed by atoms with Gasteiger partial charge in [0.05, 0.1) is 20.3 Å². The summed E-state index contributed by atoms with van der Waals surface area (Å²) in [4.78, 5) is 24.0. The molecule has 0 heterocycles. The second-order valence-corrected chi connectivity index (χ2v) is 7.59. The topological polar surface area (TPSA) is 116 Å². The highest BCUT2D eigenvalue weighted by atomic mass is 16.7. The van der Waals surface area contributed by atoms with Crippen LogP contribution < -0.4 is 19.5 Å². The van der Waals surface area contributed by atoms with E-state index in [4.69, 9.17) is 23.7 Å². The zero-order valence-electron chi connectivity index (χ0n) is 19.9. The van der Waals surface area contributed by atoms with Crippen LogP contribution in [0.1, 0.15) is 16.7 Å². The summed E-state index contributed by atoms with van der Waals surface area (Å²) in [6, 6.07) is 22.0. The third kappa shape index (κ3) is 8.25. The first-order valence-corrected chi connectivity index (χ1v) is 11.0. The summed E-state index contributed by atoms with van der Waals surface area (Å²) in [5.74, 6) is 1.70. The average molecular weight is 491 g/mol. The van der Waals surface area contributed by atoms with E-state index in [1.54, 1.807) is 87.0 Å². The minimum Gasteiger partial charge on any atom is -0.497 e. The molecule has 36 heavy (non-hydrogen) atoms. The largest absolute Gasteiger partial charge is 0.514 e. The Balaban J connectivity index is 1.42. The maximum atomic E-state index is 12.1. The van der Waals surface area contributed by atoms with E-state index in [1.165, 1.54) is 0 Å². The van der Waals surface area contributed by atoms with Crippen LogP contribution in [-0.4, -0.2) is 32.5 Å². The van der Waals surface area contributed by atoms with Crippen LogP contribution in [0.15, 0.2) is 72.8 Å². The number of carbonyl (C=O) groups excluding carboxylic acids is 2. The molecule has 3 rings (SSSR count). The summed E-state index contributed by atoms with van der Waals surface area (Å²) in [6.07, 6.45) is -1.29. The molecule has 0 unspecified atom stereocenters. The van der Waals surface area contributed by atoms with Crippen molar-refractivity contribution in [2.75, 3.05) is 14.2 Å². The van der Waals surface area contributed by atoms with Crippen LogP contribution >= 0.6 is 0 Å². The molecular weight excluding hydrogens is 464 g/mol. The molecule has 0 saturated carbocycles. The van der Waals surface area contributed by atoms with E-state index < -0.39 is 18.3 Å². The Kier molecular flexibility index (Phi) is 9.53. The fourth-order valence-corrected chi connectivity index (χ4v) is 3.10. The molecule has 0 aliphatic rings. The number of nitrogens with one attached hydrogen (secondary N) is 1. The number of nitriles is 1. The van der Waals surface area contributed by atoms with E-state index in [9.17, 15) is 14.9 Å². The van der Waals surface area contributed by atoms with Crippen molar-refractivity contribution in [2.24, 2.45) is 0 Å². The minimum atomic E-state index is -0.838. The molecule has 0 bridgehead atoms. The van der Waals surface area contributed by atoms with Crippen LogP contribution in [0.3, 0.4) is 0 Å². The van der Waals surface area contributed by atoms with Gasteiger partial charge >= 0.3 is 12.2 Å². The summed E-state index contributed by atoms with van der Waals surface area (Å²) >= 11 is 0. The quantitative estimate of drug-likeness (QED) is 0.319. The lowest BCUT2D eigenvalue weighted by Gasteiger charge is -2.13. The van der Waals surface area contributed by atoms with Crippen molar-refractivity contribution in [1.29, 1.82) is 5.26 Å². The van der Waals surface area contributed by atoms with Crippen LogP contribution in [0, 0.1) is 11.3 Å². The fourth-order valence-electron chi connectivity index (χ4n) is 3.10. The number of ether oxygens (including phenoxy) is 5. The lowest BCUT2D eigenvalue weighted by molar-refractivity contribution is 0.0927. The highest BCUT2D eigenvalue weighted by Gasteiger charge is 2.14. The Morgan fingerprint density at radius 2 is 1.22 bits per heavy atom. The van der Waals surface area contributed by atoms with Crippen LogP contribution in [0.25, 0.3) is 0 Å². The lowest BCUT2D eigenvalue weighted by atomic mass is 10.1. The van der Waals surface area contributed by atoms with E-state index in [-0.39, 0.29) is 19.6 Å². The molecular formula is C27H26N2O7. The van der Waals surface area contributed by atoms with Gasteiger partial charge in [0, 0.05) is 6.42 Å². The second kappa shape index (κ2) is 13.2. The molecule has 186 valence electrons. The average Bonchev–Trinajstić information content (AvgIpc) is 2.92. The molecule has 1 amide bonds. The second-order valence-electron chi connectivity index (χ2n) is 7.59. The van der Waals surface area contributed by atoms with Crippen molar-refractivity contribution in [3.8, 4) is 23.3 Å². The summed E-state index contributed by atoms with van der Waals surface area (Å²) in [6.45, 7) is 0.125. The smallest absolute Gasteiger partial charge is 0.497 e. The van der Waals surface area contributed by atoms with Crippen molar-refractivity contribution in [2.45, 2.75) is 25.7 Å². The van der Waals surface area contributed by atoms with Gasteiger partial charge in [-0.15, -0.1) is 0 Å². The van der Waals surface area contributed by atoms with E-state index in [0.29, 0.717) is 17.2 Å². The first-order valence-electron chi connectivity index (χ1n) is 11.0. The van der Waals surface area contributed by atoms with E-state index in [1.807, 2.05) is 6.07 Å². The Bertz CT molecular complexity index is 1170. The highest BCUT2D eigenvalue weighted by Crippen LogP contribution is 2.16. The predicted molar refractivity (Wildman–Crippen MR) is 130 cm³/mol. The van der Waals surface area contributed by atoms with Crippen molar-refractivity contribution in [3.63, 3.8) is 0 Å². The molecule has 0 saturated heterocycles. The van der Waals surface area contributed by atoms with Crippen molar-refractivity contribution >= 4 is 12.2 Å². The predicted octanol–water partition coefficient (Wildman–Crippen LogP) is 4.78. The molecule has 9 heteroatoms. The van der Waals surface area contributed by atoms with Gasteiger partial charge in [-0.25, -0.2) is 9.59 Å². The molecule has 1 atom stereocenters. The number of hydrogen-bond acceptors (Lipinski definition) is 8. The first kappa shape index (κ1) is 25.9. The molecule has 3 aromatic carbocycles. The number of rotatable bonds is 10. The van der Waals surface area contributed by atoms with Gasteiger partial charge in [0.25, 0.3) is 0 Å². The fraction of sp³-hybridized carbons (Fsp3) is 0.222. The normalized spacial score (nSPS) is 10.9. The van der Waals surface area contributed by atoms with E-state index >= 15 is 0 Å². The van der Waals surface area contributed by atoms with Crippen LogP contribution in [0.4, 0.5) is 9.59 Å². The Labute approximate surface area is 209 Å². The van der Waals surface area contributed by atoms with Gasteiger partial charge in [0.1, 0.15) is 36.5 Å². The number of amides is 1. The third-order valence-electron chi connectivity index (χ3n) is 5.06. The monoisotopic (exact) mass is 490 g/mol. The maximum absolute atomic E-state index is 12.1. The minimum absolute atomic E-state index is 0.0605. The molecule has 0 aromatic heterocycles. The standard InChI is InChI=1S/C27H26N2O7/c1-32-23-9-5-20(6-10-23)17-34-26(30)29-22(16-28)15-19-3-13-25(14-4-19)36-27(31)35-18-21-7-11-24(33-2)12-8-21/h3-14,22H,15,17-18H2,1-2H3,(H,29,30)/t22-/m0/s1. The number of carbonyl (C=O) groups is 2. The van der Waals surface area contributed by atoms with Gasteiger partial charge in [-0.3, -0.25) is 0 Å². The Morgan fingerprint density at radius 1 is 0.750 bits per heavy atom. The molecule has 1 N–H and O–H groups in total. The van der Waals surface area contributed by atoms with Crippen molar-refractivity contribution in [3.05, 3.63) is 89.5 Å². The van der Waals surface area contributed by atoms with E-state index in [2.05, 4.69) is 5.32 Å². The van der Waals surface area contributed by atoms with Gasteiger partial charge in [-0.2, -0.15) is 5.26 Å².